The van der Waals surface area contributed by atoms with E-state index >= 15 is 0 Å². The molecule has 1 saturated heterocycles. The number of carbonyl (C=O) groups excluding carboxylic acids is 1. The Kier molecular flexibility index (Phi) is 3.99. The first-order valence-corrected chi connectivity index (χ1v) is 8.61. The summed E-state index contributed by atoms with van der Waals surface area (Å²) >= 11 is 0. The maximum absolute atomic E-state index is 13.8. The van der Waals surface area contributed by atoms with Crippen molar-refractivity contribution in [3.63, 3.8) is 0 Å². The molecule has 0 spiro atoms. The zero-order chi connectivity index (χ0) is 17.4. The van der Waals surface area contributed by atoms with Gasteiger partial charge in [0.2, 0.25) is 0 Å². The van der Waals surface area contributed by atoms with E-state index in [2.05, 4.69) is 15.5 Å². The van der Waals surface area contributed by atoms with Crippen LogP contribution in [0.15, 0.2) is 24.5 Å². The molecule has 1 saturated carbocycles. The largest absolute Gasteiger partial charge is 0.389 e. The Morgan fingerprint density at radius 2 is 2.20 bits per heavy atom. The third-order valence-corrected chi connectivity index (χ3v) is 5.50. The lowest BCUT2D eigenvalue weighted by atomic mass is 9.71. The van der Waals surface area contributed by atoms with Gasteiger partial charge in [0.1, 0.15) is 12.1 Å². The van der Waals surface area contributed by atoms with Gasteiger partial charge in [0, 0.05) is 19.0 Å². The number of rotatable bonds is 2. The van der Waals surface area contributed by atoms with Crippen molar-refractivity contribution in [2.24, 2.45) is 5.92 Å². The summed E-state index contributed by atoms with van der Waals surface area (Å²) in [5.74, 6) is -0.645. The second kappa shape index (κ2) is 6.18. The van der Waals surface area contributed by atoms with Gasteiger partial charge in [-0.25, -0.2) is 4.39 Å². The lowest BCUT2D eigenvalue weighted by Crippen LogP contribution is -2.54. The number of hydrogen-bond donors (Lipinski definition) is 1. The van der Waals surface area contributed by atoms with Crippen molar-refractivity contribution in [1.29, 1.82) is 0 Å². The van der Waals surface area contributed by atoms with Crippen LogP contribution in [0.25, 0.3) is 5.69 Å². The fourth-order valence-electron chi connectivity index (χ4n) is 4.08. The van der Waals surface area contributed by atoms with E-state index in [1.54, 1.807) is 4.90 Å². The van der Waals surface area contributed by atoms with E-state index in [1.807, 2.05) is 0 Å². The number of aliphatic hydroxyl groups is 1. The van der Waals surface area contributed by atoms with E-state index in [4.69, 9.17) is 0 Å². The average Bonchev–Trinajstić information content (AvgIpc) is 3.14. The zero-order valence-corrected chi connectivity index (χ0v) is 13.8. The maximum atomic E-state index is 13.8. The second-order valence-electron chi connectivity index (χ2n) is 6.96. The van der Waals surface area contributed by atoms with Crippen LogP contribution in [-0.2, 0) is 0 Å². The monoisotopic (exact) mass is 345 g/mol. The van der Waals surface area contributed by atoms with Crippen LogP contribution in [0, 0.1) is 11.7 Å². The Hall–Kier alpha value is -2.35. The van der Waals surface area contributed by atoms with Gasteiger partial charge in [-0.3, -0.25) is 4.79 Å². The summed E-state index contributed by atoms with van der Waals surface area (Å²) in [6.45, 7) is 0.971. The number of tetrazole rings is 1. The van der Waals surface area contributed by atoms with Gasteiger partial charge in [0.25, 0.3) is 5.91 Å². The molecule has 1 aromatic heterocycles. The molecule has 4 rings (SSSR count). The van der Waals surface area contributed by atoms with Crippen LogP contribution in [-0.4, -0.2) is 54.8 Å². The van der Waals surface area contributed by atoms with Crippen molar-refractivity contribution in [2.45, 2.75) is 37.7 Å². The van der Waals surface area contributed by atoms with Gasteiger partial charge in [0.05, 0.1) is 16.9 Å². The van der Waals surface area contributed by atoms with Crippen molar-refractivity contribution in [3.05, 3.63) is 35.9 Å². The minimum atomic E-state index is -0.657. The summed E-state index contributed by atoms with van der Waals surface area (Å²) in [4.78, 5) is 14.8. The van der Waals surface area contributed by atoms with Gasteiger partial charge in [-0.15, -0.1) is 5.10 Å². The standard InChI is InChI=1S/C17H20FN5O2/c18-13-4-5-15(23-11-19-20-21-23)14(9-13)16(24)22-8-7-17(25)6-2-1-3-12(17)10-22/h4-5,9,11-12,25H,1-3,6-8,10H2/t12-,17+/m1/s1. The Labute approximate surface area is 144 Å². The summed E-state index contributed by atoms with van der Waals surface area (Å²) in [5, 5.41) is 21.7. The molecular weight excluding hydrogens is 325 g/mol. The Morgan fingerprint density at radius 3 is 3.00 bits per heavy atom. The predicted molar refractivity (Wildman–Crippen MR) is 86.5 cm³/mol. The lowest BCUT2D eigenvalue weighted by molar-refractivity contribution is -0.0886. The summed E-state index contributed by atoms with van der Waals surface area (Å²) in [7, 11) is 0. The number of likely N-dealkylation sites (tertiary alicyclic amines) is 1. The molecule has 1 aliphatic heterocycles. The minimum absolute atomic E-state index is 0.0870. The molecule has 1 N–H and O–H groups in total. The number of fused-ring (bicyclic) bond motifs is 1. The zero-order valence-electron chi connectivity index (χ0n) is 13.8. The highest BCUT2D eigenvalue weighted by molar-refractivity contribution is 5.97. The van der Waals surface area contributed by atoms with E-state index < -0.39 is 11.4 Å². The number of hydrogen-bond acceptors (Lipinski definition) is 5. The van der Waals surface area contributed by atoms with Gasteiger partial charge in [-0.05, 0) is 47.9 Å². The number of halogens is 1. The highest BCUT2D eigenvalue weighted by atomic mass is 19.1. The Morgan fingerprint density at radius 1 is 1.32 bits per heavy atom. The molecule has 25 heavy (non-hydrogen) atoms. The molecule has 1 aliphatic carbocycles. The predicted octanol–water partition coefficient (Wildman–Crippen LogP) is 1.57. The van der Waals surface area contributed by atoms with Crippen LogP contribution in [0.3, 0.4) is 0 Å². The molecule has 7 nitrogen and oxygen atoms in total. The van der Waals surface area contributed by atoms with Gasteiger partial charge in [0.15, 0.2) is 0 Å². The van der Waals surface area contributed by atoms with Gasteiger partial charge in [-0.2, -0.15) is 4.68 Å². The smallest absolute Gasteiger partial charge is 0.256 e. The summed E-state index contributed by atoms with van der Waals surface area (Å²) < 4.78 is 15.1. The molecule has 8 heteroatoms. The molecule has 132 valence electrons. The lowest BCUT2D eigenvalue weighted by Gasteiger charge is -2.47. The van der Waals surface area contributed by atoms with Crippen molar-refractivity contribution in [3.8, 4) is 5.69 Å². The molecule has 0 bridgehead atoms. The highest BCUT2D eigenvalue weighted by Gasteiger charge is 2.44. The molecule has 2 heterocycles. The third-order valence-electron chi connectivity index (χ3n) is 5.50. The molecule has 1 amide bonds. The molecule has 0 radical (unpaired) electrons. The highest BCUT2D eigenvalue weighted by Crippen LogP contribution is 2.40. The van der Waals surface area contributed by atoms with Gasteiger partial charge < -0.3 is 10.0 Å². The van der Waals surface area contributed by atoms with Crippen LogP contribution < -0.4 is 0 Å². The number of aromatic nitrogens is 4. The van der Waals surface area contributed by atoms with Crippen molar-refractivity contribution in [2.75, 3.05) is 13.1 Å². The Balaban J connectivity index is 1.62. The molecule has 2 aliphatic rings. The van der Waals surface area contributed by atoms with E-state index in [9.17, 15) is 14.3 Å². The first-order chi connectivity index (χ1) is 12.1. The van der Waals surface area contributed by atoms with Crippen LogP contribution in [0.4, 0.5) is 4.39 Å². The fraction of sp³-hybridized carbons (Fsp3) is 0.529. The van der Waals surface area contributed by atoms with Gasteiger partial charge >= 0.3 is 0 Å². The minimum Gasteiger partial charge on any atom is -0.389 e. The molecule has 2 atom stereocenters. The van der Waals surface area contributed by atoms with Gasteiger partial charge in [-0.1, -0.05) is 12.8 Å². The normalized spacial score (nSPS) is 26.3. The van der Waals surface area contributed by atoms with E-state index in [-0.39, 0.29) is 17.4 Å². The first kappa shape index (κ1) is 16.1. The number of piperidine rings is 1. The topological polar surface area (TPSA) is 84.1 Å². The van der Waals surface area contributed by atoms with Crippen molar-refractivity contribution in [1.82, 2.24) is 25.1 Å². The van der Waals surface area contributed by atoms with E-state index in [0.29, 0.717) is 25.2 Å². The molecule has 0 unspecified atom stereocenters. The number of benzene rings is 1. The molecule has 2 fully saturated rings. The fourth-order valence-corrected chi connectivity index (χ4v) is 4.08. The number of nitrogens with zero attached hydrogens (tertiary/aromatic N) is 5. The Bertz CT molecular complexity index is 781. The summed E-state index contributed by atoms with van der Waals surface area (Å²) in [6, 6.07) is 4.00. The quantitative estimate of drug-likeness (QED) is 0.893. The van der Waals surface area contributed by atoms with E-state index in [1.165, 1.54) is 29.2 Å². The van der Waals surface area contributed by atoms with Crippen molar-refractivity contribution >= 4 is 5.91 Å². The van der Waals surface area contributed by atoms with Crippen LogP contribution in [0.5, 0.6) is 0 Å². The number of carbonyl (C=O) groups is 1. The third kappa shape index (κ3) is 2.90. The van der Waals surface area contributed by atoms with Crippen LogP contribution in [0.2, 0.25) is 0 Å². The number of amides is 1. The average molecular weight is 345 g/mol. The van der Waals surface area contributed by atoms with Crippen molar-refractivity contribution < 1.29 is 14.3 Å². The molecule has 2 aromatic rings. The molecular formula is C17H20FN5O2. The summed E-state index contributed by atoms with van der Waals surface area (Å²) in [6.07, 6.45) is 5.77. The molecule has 1 aromatic carbocycles. The first-order valence-electron chi connectivity index (χ1n) is 8.61. The SMILES string of the molecule is O=C(c1cc(F)ccc1-n1cnnn1)N1CC[C@@]2(O)CCCC[C@@H]2C1. The van der Waals surface area contributed by atoms with E-state index in [0.717, 1.165) is 25.7 Å². The van der Waals surface area contributed by atoms with Crippen LogP contribution in [0.1, 0.15) is 42.5 Å². The summed E-state index contributed by atoms with van der Waals surface area (Å²) in [5.41, 5.74) is 0.0183. The van der Waals surface area contributed by atoms with Crippen LogP contribution >= 0.6 is 0 Å². The maximum Gasteiger partial charge on any atom is 0.256 e. The second-order valence-corrected chi connectivity index (χ2v) is 6.96.